The van der Waals surface area contributed by atoms with Crippen LogP contribution in [0.15, 0.2) is 9.59 Å². The zero-order valence-corrected chi connectivity index (χ0v) is 7.68. The molecule has 1 heterocycles. The largest absolute Gasteiger partial charge is 0.316 e. The van der Waals surface area contributed by atoms with E-state index in [1.165, 1.54) is 0 Å². The van der Waals surface area contributed by atoms with Crippen LogP contribution in [0, 0.1) is 0 Å². The van der Waals surface area contributed by atoms with Crippen LogP contribution in [-0.2, 0) is 0 Å². The van der Waals surface area contributed by atoms with Gasteiger partial charge in [0.05, 0.1) is 0 Å². The topological polar surface area (TPSA) is 65.7 Å². The zero-order chi connectivity index (χ0) is 9.84. The molecule has 70 valence electrons. The molecule has 4 heteroatoms. The van der Waals surface area contributed by atoms with Crippen molar-refractivity contribution in [2.45, 2.75) is 20.3 Å². The Morgan fingerprint density at radius 3 is 2.23 bits per heavy atom. The second-order valence-electron chi connectivity index (χ2n) is 2.64. The zero-order valence-electron chi connectivity index (χ0n) is 7.68. The van der Waals surface area contributed by atoms with E-state index in [-0.39, 0.29) is 11.1 Å². The number of hydrogen-bond acceptors (Lipinski definition) is 2. The summed E-state index contributed by atoms with van der Waals surface area (Å²) in [6.07, 6.45) is 3.96. The molecule has 0 amide bonds. The Labute approximate surface area is 74.6 Å². The van der Waals surface area contributed by atoms with Crippen molar-refractivity contribution in [3.63, 3.8) is 0 Å². The molecule has 0 saturated heterocycles. The fraction of sp³-hybridized carbons (Fsp3) is 0.333. The second-order valence-corrected chi connectivity index (χ2v) is 2.64. The molecular weight excluding hydrogens is 168 g/mol. The molecular formula is C9H12N2O2. The van der Waals surface area contributed by atoms with Crippen LogP contribution in [0.5, 0.6) is 0 Å². The van der Waals surface area contributed by atoms with E-state index < -0.39 is 0 Å². The van der Waals surface area contributed by atoms with Gasteiger partial charge in [0.2, 0.25) is 0 Å². The third-order valence-corrected chi connectivity index (χ3v) is 1.68. The molecule has 0 fully saturated rings. The lowest BCUT2D eigenvalue weighted by Gasteiger charge is -1.87. The summed E-state index contributed by atoms with van der Waals surface area (Å²) in [7, 11) is 0. The Kier molecular flexibility index (Phi) is 2.84. The molecule has 0 radical (unpaired) electrons. The number of H-pyrrole nitrogens is 2. The van der Waals surface area contributed by atoms with Gasteiger partial charge < -0.3 is 9.97 Å². The van der Waals surface area contributed by atoms with Gasteiger partial charge in [0.25, 0.3) is 11.1 Å². The van der Waals surface area contributed by atoms with Gasteiger partial charge in [-0.05, 0) is 13.3 Å². The van der Waals surface area contributed by atoms with Gasteiger partial charge in [0, 0.05) is 0 Å². The molecule has 0 saturated carbocycles. The quantitative estimate of drug-likeness (QED) is 0.585. The molecule has 0 atom stereocenters. The Morgan fingerprint density at radius 1 is 1.15 bits per heavy atom. The SMILES string of the molecule is C/C=c1\[nH]c(=O)/c(=C\CC)[nH]c1=O. The number of aromatic amines is 2. The van der Waals surface area contributed by atoms with Crippen molar-refractivity contribution in [3.05, 3.63) is 31.4 Å². The predicted molar refractivity (Wildman–Crippen MR) is 51.8 cm³/mol. The first kappa shape index (κ1) is 9.51. The van der Waals surface area contributed by atoms with E-state index in [4.69, 9.17) is 0 Å². The fourth-order valence-electron chi connectivity index (χ4n) is 1.04. The number of rotatable bonds is 1. The van der Waals surface area contributed by atoms with E-state index in [2.05, 4.69) is 9.97 Å². The highest BCUT2D eigenvalue weighted by Gasteiger charge is 1.91. The molecule has 4 nitrogen and oxygen atoms in total. The Hall–Kier alpha value is -1.58. The van der Waals surface area contributed by atoms with Crippen LogP contribution < -0.4 is 21.8 Å². The molecule has 0 aliphatic carbocycles. The van der Waals surface area contributed by atoms with E-state index in [1.807, 2.05) is 6.92 Å². The van der Waals surface area contributed by atoms with Crippen LogP contribution in [0.2, 0.25) is 0 Å². The minimum atomic E-state index is -0.262. The van der Waals surface area contributed by atoms with Crippen molar-refractivity contribution in [2.24, 2.45) is 0 Å². The molecule has 1 aromatic rings. The standard InChI is InChI=1S/C9H12N2O2/c1-3-5-7-9(13)10-6(4-2)8(12)11-7/h4-5H,3H2,1-2H3,(H,10,13)(H,11,12)/b6-4-,7-5+. The molecule has 0 aliphatic rings. The summed E-state index contributed by atoms with van der Waals surface area (Å²) < 4.78 is 0. The van der Waals surface area contributed by atoms with Gasteiger partial charge >= 0.3 is 0 Å². The predicted octanol–water partition coefficient (Wildman–Crippen LogP) is -0.946. The maximum Gasteiger partial charge on any atom is 0.271 e. The normalized spacial score (nSPS) is 13.7. The summed E-state index contributed by atoms with van der Waals surface area (Å²) in [6, 6.07) is 0. The van der Waals surface area contributed by atoms with Gasteiger partial charge in [-0.2, -0.15) is 0 Å². The molecule has 0 bridgehead atoms. The molecule has 0 aliphatic heterocycles. The van der Waals surface area contributed by atoms with Gasteiger partial charge in [-0.3, -0.25) is 9.59 Å². The van der Waals surface area contributed by atoms with Crippen molar-refractivity contribution in [1.29, 1.82) is 0 Å². The maximum atomic E-state index is 11.3. The molecule has 0 aromatic carbocycles. The molecule has 13 heavy (non-hydrogen) atoms. The Bertz CT molecular complexity index is 508. The third-order valence-electron chi connectivity index (χ3n) is 1.68. The average Bonchev–Trinajstić information content (AvgIpc) is 2.11. The second kappa shape index (κ2) is 3.89. The first-order valence-electron chi connectivity index (χ1n) is 4.18. The van der Waals surface area contributed by atoms with Gasteiger partial charge in [-0.1, -0.05) is 19.1 Å². The van der Waals surface area contributed by atoms with Crippen molar-refractivity contribution >= 4 is 12.2 Å². The van der Waals surface area contributed by atoms with Crippen molar-refractivity contribution in [1.82, 2.24) is 9.97 Å². The monoisotopic (exact) mass is 180 g/mol. The minimum Gasteiger partial charge on any atom is -0.316 e. The maximum absolute atomic E-state index is 11.3. The van der Waals surface area contributed by atoms with Crippen molar-refractivity contribution in [2.75, 3.05) is 0 Å². The molecule has 1 aromatic heterocycles. The number of aromatic nitrogens is 2. The molecule has 0 unspecified atom stereocenters. The van der Waals surface area contributed by atoms with E-state index in [0.717, 1.165) is 0 Å². The van der Waals surface area contributed by atoms with Crippen LogP contribution in [0.1, 0.15) is 20.3 Å². The van der Waals surface area contributed by atoms with Gasteiger partial charge in [-0.15, -0.1) is 0 Å². The first-order chi connectivity index (χ1) is 6.19. The van der Waals surface area contributed by atoms with E-state index in [0.29, 0.717) is 17.1 Å². The highest BCUT2D eigenvalue weighted by molar-refractivity contribution is 5.17. The lowest BCUT2D eigenvalue weighted by Crippen LogP contribution is -2.46. The van der Waals surface area contributed by atoms with Crippen molar-refractivity contribution < 1.29 is 0 Å². The van der Waals surface area contributed by atoms with E-state index >= 15 is 0 Å². The van der Waals surface area contributed by atoms with Crippen LogP contribution >= 0.6 is 0 Å². The Balaban J connectivity index is 3.67. The fourth-order valence-corrected chi connectivity index (χ4v) is 1.04. The number of nitrogens with one attached hydrogen (secondary N) is 2. The van der Waals surface area contributed by atoms with E-state index in [1.54, 1.807) is 19.1 Å². The first-order valence-corrected chi connectivity index (χ1v) is 4.18. The number of hydrogen-bond donors (Lipinski definition) is 2. The van der Waals surface area contributed by atoms with Crippen LogP contribution in [0.3, 0.4) is 0 Å². The van der Waals surface area contributed by atoms with Crippen LogP contribution in [-0.4, -0.2) is 9.97 Å². The van der Waals surface area contributed by atoms with Gasteiger partial charge in [0.15, 0.2) is 0 Å². The van der Waals surface area contributed by atoms with Crippen LogP contribution in [0.4, 0.5) is 0 Å². The summed E-state index contributed by atoms with van der Waals surface area (Å²) in [4.78, 5) is 27.5. The summed E-state index contributed by atoms with van der Waals surface area (Å²) in [5.74, 6) is 0. The molecule has 1 rings (SSSR count). The lowest BCUT2D eigenvalue weighted by molar-refractivity contribution is 0.994. The average molecular weight is 180 g/mol. The summed E-state index contributed by atoms with van der Waals surface area (Å²) in [6.45, 7) is 3.60. The lowest BCUT2D eigenvalue weighted by atomic mass is 10.4. The van der Waals surface area contributed by atoms with Crippen LogP contribution in [0.25, 0.3) is 12.2 Å². The Morgan fingerprint density at radius 2 is 1.69 bits per heavy atom. The summed E-state index contributed by atoms with van der Waals surface area (Å²) in [5.41, 5.74) is -0.517. The van der Waals surface area contributed by atoms with Gasteiger partial charge in [0.1, 0.15) is 10.7 Å². The molecule has 0 spiro atoms. The molecule has 2 N–H and O–H groups in total. The highest BCUT2D eigenvalue weighted by atomic mass is 16.1. The van der Waals surface area contributed by atoms with E-state index in [9.17, 15) is 9.59 Å². The summed E-state index contributed by atoms with van der Waals surface area (Å²) >= 11 is 0. The van der Waals surface area contributed by atoms with Crippen molar-refractivity contribution in [3.8, 4) is 0 Å². The highest BCUT2D eigenvalue weighted by Crippen LogP contribution is 1.69. The minimum absolute atomic E-state index is 0.255. The van der Waals surface area contributed by atoms with Gasteiger partial charge in [-0.25, -0.2) is 0 Å². The third kappa shape index (κ3) is 1.96. The summed E-state index contributed by atoms with van der Waals surface area (Å²) in [5, 5.41) is 0.636. The smallest absolute Gasteiger partial charge is 0.271 e.